The summed E-state index contributed by atoms with van der Waals surface area (Å²) in [5, 5.41) is 3.36. The largest absolute Gasteiger partial charge is 0.497 e. The Balaban J connectivity index is 1.33. The molecule has 0 amide bonds. The Bertz CT molecular complexity index is 824. The second-order valence-corrected chi connectivity index (χ2v) is 7.40. The fourth-order valence-corrected chi connectivity index (χ4v) is 4.12. The van der Waals surface area contributed by atoms with E-state index in [-0.39, 0.29) is 0 Å². The smallest absolute Gasteiger partial charge is 0.119 e. The average molecular weight is 366 g/mol. The molecule has 0 atom stereocenters. The number of ether oxygens (including phenoxy) is 1. The number of aromatic nitrogens is 1. The molecule has 0 N–H and O–H groups in total. The highest BCUT2D eigenvalue weighted by Gasteiger charge is 2.18. The van der Waals surface area contributed by atoms with Gasteiger partial charge in [0.1, 0.15) is 10.8 Å². The van der Waals surface area contributed by atoms with Gasteiger partial charge in [-0.3, -0.25) is 4.90 Å². The van der Waals surface area contributed by atoms with Gasteiger partial charge in [0.2, 0.25) is 0 Å². The van der Waals surface area contributed by atoms with Crippen molar-refractivity contribution in [1.29, 1.82) is 0 Å². The molecular formula is C21H23N3OS. The minimum atomic E-state index is 0.908. The lowest BCUT2D eigenvalue weighted by atomic mass is 10.2. The van der Waals surface area contributed by atoms with Crippen LogP contribution in [0, 0.1) is 0 Å². The lowest BCUT2D eigenvalue weighted by molar-refractivity contribution is 0.249. The van der Waals surface area contributed by atoms with E-state index in [0.29, 0.717) is 0 Å². The summed E-state index contributed by atoms with van der Waals surface area (Å²) < 4.78 is 5.24. The van der Waals surface area contributed by atoms with Crippen molar-refractivity contribution in [2.24, 2.45) is 0 Å². The molecule has 1 aliphatic rings. The molecular weight excluding hydrogens is 342 g/mol. The van der Waals surface area contributed by atoms with Crippen LogP contribution >= 0.6 is 11.3 Å². The zero-order valence-corrected chi connectivity index (χ0v) is 15.8. The van der Waals surface area contributed by atoms with Crippen LogP contribution < -0.4 is 9.64 Å². The number of piperazine rings is 1. The number of hydrogen-bond donors (Lipinski definition) is 0. The molecule has 5 heteroatoms. The molecule has 0 saturated carbocycles. The lowest BCUT2D eigenvalue weighted by Crippen LogP contribution is -2.45. The molecule has 4 nitrogen and oxygen atoms in total. The van der Waals surface area contributed by atoms with E-state index in [2.05, 4.69) is 51.6 Å². The minimum Gasteiger partial charge on any atom is -0.497 e. The van der Waals surface area contributed by atoms with Crippen LogP contribution in [0.5, 0.6) is 5.75 Å². The van der Waals surface area contributed by atoms with Gasteiger partial charge >= 0.3 is 0 Å². The third-order valence-electron chi connectivity index (χ3n) is 4.79. The first kappa shape index (κ1) is 17.1. The van der Waals surface area contributed by atoms with Gasteiger partial charge in [-0.1, -0.05) is 30.3 Å². The zero-order chi connectivity index (χ0) is 17.8. The van der Waals surface area contributed by atoms with Crippen LogP contribution in [0.3, 0.4) is 0 Å². The molecule has 2 aromatic carbocycles. The fraction of sp³-hybridized carbons (Fsp3) is 0.286. The molecule has 0 unspecified atom stereocenters. The zero-order valence-electron chi connectivity index (χ0n) is 15.0. The molecule has 26 heavy (non-hydrogen) atoms. The molecule has 0 spiro atoms. The van der Waals surface area contributed by atoms with Crippen LogP contribution in [0.2, 0.25) is 0 Å². The van der Waals surface area contributed by atoms with E-state index in [9.17, 15) is 0 Å². The predicted octanol–water partition coefficient (Wildman–Crippen LogP) is 4.14. The Morgan fingerprint density at radius 1 is 0.962 bits per heavy atom. The Kier molecular flexibility index (Phi) is 5.18. The SMILES string of the molecule is COc1ccc(N2CCN(Cc3nc(-c4ccccc4)cs3)CC2)cc1. The van der Waals surface area contributed by atoms with Gasteiger partial charge in [-0.2, -0.15) is 0 Å². The summed E-state index contributed by atoms with van der Waals surface area (Å²) in [6, 6.07) is 18.7. The summed E-state index contributed by atoms with van der Waals surface area (Å²) in [6.07, 6.45) is 0. The second-order valence-electron chi connectivity index (χ2n) is 6.45. The molecule has 0 bridgehead atoms. The maximum atomic E-state index is 5.24. The van der Waals surface area contributed by atoms with E-state index in [1.807, 2.05) is 18.2 Å². The van der Waals surface area contributed by atoms with Gasteiger partial charge in [-0.25, -0.2) is 4.98 Å². The highest BCUT2D eigenvalue weighted by atomic mass is 32.1. The normalized spacial score (nSPS) is 15.2. The van der Waals surface area contributed by atoms with Crippen LogP contribution in [0.1, 0.15) is 5.01 Å². The van der Waals surface area contributed by atoms with Gasteiger partial charge < -0.3 is 9.64 Å². The van der Waals surface area contributed by atoms with Gasteiger partial charge in [0.25, 0.3) is 0 Å². The van der Waals surface area contributed by atoms with E-state index in [1.165, 1.54) is 16.3 Å². The van der Waals surface area contributed by atoms with Crippen LogP contribution in [-0.2, 0) is 6.54 Å². The first-order valence-corrected chi connectivity index (χ1v) is 9.81. The maximum absolute atomic E-state index is 5.24. The molecule has 134 valence electrons. The number of thiazole rings is 1. The van der Waals surface area contributed by atoms with Crippen molar-refractivity contribution in [1.82, 2.24) is 9.88 Å². The van der Waals surface area contributed by atoms with Crippen molar-refractivity contribution in [2.45, 2.75) is 6.54 Å². The van der Waals surface area contributed by atoms with Crippen molar-refractivity contribution in [3.05, 3.63) is 65.0 Å². The molecule has 1 aliphatic heterocycles. The summed E-state index contributed by atoms with van der Waals surface area (Å²) in [6.45, 7) is 5.15. The maximum Gasteiger partial charge on any atom is 0.119 e. The summed E-state index contributed by atoms with van der Waals surface area (Å²) in [4.78, 5) is 9.75. The predicted molar refractivity (Wildman–Crippen MR) is 108 cm³/mol. The number of rotatable bonds is 5. The van der Waals surface area contributed by atoms with E-state index in [1.54, 1.807) is 18.4 Å². The molecule has 1 fully saturated rings. The van der Waals surface area contributed by atoms with Gasteiger partial charge in [0.05, 0.1) is 19.3 Å². The van der Waals surface area contributed by atoms with Crippen molar-refractivity contribution in [2.75, 3.05) is 38.2 Å². The van der Waals surface area contributed by atoms with Crippen LogP contribution in [0.25, 0.3) is 11.3 Å². The summed E-state index contributed by atoms with van der Waals surface area (Å²) in [5.74, 6) is 0.908. The third-order valence-corrected chi connectivity index (χ3v) is 5.62. The Morgan fingerprint density at radius 3 is 2.38 bits per heavy atom. The van der Waals surface area contributed by atoms with Crippen molar-refractivity contribution >= 4 is 17.0 Å². The first-order valence-electron chi connectivity index (χ1n) is 8.93. The standard InChI is InChI=1S/C21H23N3OS/c1-25-19-9-7-18(8-10-19)24-13-11-23(12-14-24)15-21-22-20(16-26-21)17-5-3-2-4-6-17/h2-10,16H,11-15H2,1H3. The quantitative estimate of drug-likeness (QED) is 0.679. The van der Waals surface area contributed by atoms with E-state index >= 15 is 0 Å². The summed E-state index contributed by atoms with van der Waals surface area (Å²) in [5.41, 5.74) is 3.55. The highest BCUT2D eigenvalue weighted by molar-refractivity contribution is 7.09. The van der Waals surface area contributed by atoms with Crippen molar-refractivity contribution < 1.29 is 4.74 Å². The molecule has 2 heterocycles. The topological polar surface area (TPSA) is 28.6 Å². The van der Waals surface area contributed by atoms with Crippen molar-refractivity contribution in [3.8, 4) is 17.0 Å². The minimum absolute atomic E-state index is 0.908. The average Bonchev–Trinajstić information content (AvgIpc) is 3.18. The van der Waals surface area contributed by atoms with Crippen LogP contribution in [0.4, 0.5) is 5.69 Å². The monoisotopic (exact) mass is 365 g/mol. The Hall–Kier alpha value is -2.37. The Morgan fingerprint density at radius 2 is 1.69 bits per heavy atom. The van der Waals surface area contributed by atoms with E-state index in [0.717, 1.165) is 44.2 Å². The lowest BCUT2D eigenvalue weighted by Gasteiger charge is -2.35. The van der Waals surface area contributed by atoms with Gasteiger partial charge in [0, 0.05) is 42.8 Å². The Labute approximate surface area is 158 Å². The second kappa shape index (κ2) is 7.89. The number of hydrogen-bond acceptors (Lipinski definition) is 5. The molecule has 1 saturated heterocycles. The van der Waals surface area contributed by atoms with Gasteiger partial charge in [-0.05, 0) is 24.3 Å². The van der Waals surface area contributed by atoms with Crippen LogP contribution in [0.15, 0.2) is 60.0 Å². The molecule has 0 radical (unpaired) electrons. The summed E-state index contributed by atoms with van der Waals surface area (Å²) in [7, 11) is 1.70. The van der Waals surface area contributed by atoms with Gasteiger partial charge in [-0.15, -0.1) is 11.3 Å². The van der Waals surface area contributed by atoms with E-state index in [4.69, 9.17) is 9.72 Å². The molecule has 1 aromatic heterocycles. The number of methoxy groups -OCH3 is 1. The van der Waals surface area contributed by atoms with E-state index < -0.39 is 0 Å². The number of anilines is 1. The third kappa shape index (κ3) is 3.89. The molecule has 0 aliphatic carbocycles. The first-order chi connectivity index (χ1) is 12.8. The fourth-order valence-electron chi connectivity index (χ4n) is 3.27. The summed E-state index contributed by atoms with van der Waals surface area (Å²) >= 11 is 1.76. The molecule has 4 rings (SSSR count). The van der Waals surface area contributed by atoms with Crippen LogP contribution in [-0.4, -0.2) is 43.2 Å². The number of benzene rings is 2. The van der Waals surface area contributed by atoms with Gasteiger partial charge in [0.15, 0.2) is 0 Å². The van der Waals surface area contributed by atoms with Crippen molar-refractivity contribution in [3.63, 3.8) is 0 Å². The molecule has 3 aromatic rings. The highest BCUT2D eigenvalue weighted by Crippen LogP contribution is 2.24. The number of nitrogens with zero attached hydrogens (tertiary/aromatic N) is 3.